The van der Waals surface area contributed by atoms with E-state index < -0.39 is 12.1 Å². The monoisotopic (exact) mass is 204 g/mol. The molecule has 0 atom stereocenters. The van der Waals surface area contributed by atoms with Gasteiger partial charge in [-0.05, 0) is 16.3 Å². The van der Waals surface area contributed by atoms with E-state index in [9.17, 15) is 0 Å². The summed E-state index contributed by atoms with van der Waals surface area (Å²) in [7, 11) is 0. The summed E-state index contributed by atoms with van der Waals surface area (Å²) in [5.74, 6) is 0. The molecule has 0 aliphatic carbocycles. The average molecular weight is 204 g/mol. The highest BCUT2D eigenvalue weighted by Crippen LogP contribution is 2.17. The van der Waals surface area contributed by atoms with Crippen LogP contribution < -0.4 is 5.32 Å². The van der Waals surface area contributed by atoms with Crippen molar-refractivity contribution in [1.82, 2.24) is 5.32 Å². The third-order valence-corrected chi connectivity index (χ3v) is 1.98. The van der Waals surface area contributed by atoms with Crippen LogP contribution in [0, 0.1) is 0 Å². The van der Waals surface area contributed by atoms with Crippen molar-refractivity contribution >= 4 is 10.8 Å². The lowest BCUT2D eigenvalue weighted by Crippen LogP contribution is -2.12. The van der Waals surface area contributed by atoms with Gasteiger partial charge >= 0.3 is 0 Å². The van der Waals surface area contributed by atoms with Gasteiger partial charge in [-0.2, -0.15) is 0 Å². The van der Waals surface area contributed by atoms with Crippen LogP contribution in [0.2, 0.25) is 0 Å². The fourth-order valence-corrected chi connectivity index (χ4v) is 1.30. The first-order valence-electron chi connectivity index (χ1n) is 8.13. The number of hydrogen-bond acceptors (Lipinski definition) is 1. The topological polar surface area (TPSA) is 12.0 Å². The Bertz CT molecular complexity index is 762. The van der Waals surface area contributed by atoms with E-state index in [0.29, 0.717) is 12.1 Å². The van der Waals surface area contributed by atoms with Crippen molar-refractivity contribution in [2.75, 3.05) is 6.54 Å². The molecule has 76 valence electrons. The van der Waals surface area contributed by atoms with Crippen LogP contribution in [-0.2, 0) is 6.54 Å². The summed E-state index contributed by atoms with van der Waals surface area (Å²) in [6.07, 6.45) is 1.63. The maximum atomic E-state index is 8.04. The Morgan fingerprint density at radius 3 is 2.87 bits per heavy atom. The SMILES string of the molecule is [2H]c1c([2H])c([2H])c2c(CNCC=C)c([2H])c([2H])c([2H])c2c1[2H]. The molecule has 15 heavy (non-hydrogen) atoms. The van der Waals surface area contributed by atoms with Crippen molar-refractivity contribution in [3.8, 4) is 0 Å². The minimum absolute atomic E-state index is 0.0117. The summed E-state index contributed by atoms with van der Waals surface area (Å²) >= 11 is 0. The van der Waals surface area contributed by atoms with E-state index in [1.54, 1.807) is 6.08 Å². The molecule has 0 aliphatic heterocycles. The molecule has 0 saturated heterocycles. The molecular formula is C14H15N. The summed E-state index contributed by atoms with van der Waals surface area (Å²) in [5, 5.41) is 3.10. The largest absolute Gasteiger partial charge is 0.309 e. The molecule has 0 saturated carbocycles. The highest BCUT2D eigenvalue weighted by atomic mass is 14.8. The van der Waals surface area contributed by atoms with E-state index >= 15 is 0 Å². The van der Waals surface area contributed by atoms with Gasteiger partial charge in [0.15, 0.2) is 0 Å². The second-order valence-corrected chi connectivity index (χ2v) is 3.02. The van der Waals surface area contributed by atoms with Crippen LogP contribution in [0.3, 0.4) is 0 Å². The van der Waals surface area contributed by atoms with Gasteiger partial charge in [-0.15, -0.1) is 6.58 Å². The van der Waals surface area contributed by atoms with Crippen molar-refractivity contribution in [3.05, 3.63) is 60.5 Å². The molecule has 1 nitrogen and oxygen atoms in total. The lowest BCUT2D eigenvalue weighted by molar-refractivity contribution is 0.765. The van der Waals surface area contributed by atoms with E-state index in [1.165, 1.54) is 0 Å². The minimum Gasteiger partial charge on any atom is -0.309 e. The molecule has 2 rings (SSSR count). The van der Waals surface area contributed by atoms with Gasteiger partial charge in [0, 0.05) is 13.1 Å². The maximum absolute atomic E-state index is 8.04. The van der Waals surface area contributed by atoms with Gasteiger partial charge in [0.05, 0.1) is 9.60 Å². The Labute approximate surface area is 100 Å². The van der Waals surface area contributed by atoms with Crippen molar-refractivity contribution in [2.24, 2.45) is 0 Å². The molecule has 0 amide bonds. The van der Waals surface area contributed by atoms with Gasteiger partial charge in [0.2, 0.25) is 0 Å². The zero-order chi connectivity index (χ0) is 16.6. The smallest absolute Gasteiger partial charge is 0.0629 e. The zero-order valence-electron chi connectivity index (χ0n) is 15.2. The fraction of sp³-hybridized carbons (Fsp3) is 0.143. The standard InChI is InChI=1S/C14H15N/c1-2-10-15-11-13-8-5-7-12-6-3-4-9-14(12)13/h2-9,15H,1,10-11H2/i3D,4D,5D,6D,7D,8D,9D. The molecule has 0 aromatic heterocycles. The van der Waals surface area contributed by atoms with Crippen LogP contribution in [0.4, 0.5) is 0 Å². The van der Waals surface area contributed by atoms with Gasteiger partial charge in [0.25, 0.3) is 0 Å². The van der Waals surface area contributed by atoms with Gasteiger partial charge in [-0.1, -0.05) is 48.4 Å². The van der Waals surface area contributed by atoms with Crippen LogP contribution in [0.5, 0.6) is 0 Å². The Hall–Kier alpha value is -1.60. The van der Waals surface area contributed by atoms with Crippen LogP contribution >= 0.6 is 0 Å². The summed E-state index contributed by atoms with van der Waals surface area (Å²) in [6.45, 7) is 4.19. The Kier molecular flexibility index (Phi) is 1.43. The molecule has 0 aliphatic rings. The van der Waals surface area contributed by atoms with Crippen molar-refractivity contribution < 1.29 is 9.60 Å². The van der Waals surface area contributed by atoms with Crippen LogP contribution in [0.25, 0.3) is 10.8 Å². The van der Waals surface area contributed by atoms with E-state index in [2.05, 4.69) is 11.9 Å². The molecule has 1 N–H and O–H groups in total. The number of benzene rings is 2. The second kappa shape index (κ2) is 4.76. The van der Waals surface area contributed by atoms with E-state index in [0.717, 1.165) is 0 Å². The summed E-state index contributed by atoms with van der Waals surface area (Å²) in [6, 6.07) is -2.36. The van der Waals surface area contributed by atoms with Gasteiger partial charge < -0.3 is 5.32 Å². The lowest BCUT2D eigenvalue weighted by Gasteiger charge is -2.06. The Balaban J connectivity index is 2.91. The minimum atomic E-state index is -0.437. The molecule has 0 unspecified atom stereocenters. The van der Waals surface area contributed by atoms with Crippen LogP contribution in [-0.4, -0.2) is 6.54 Å². The molecule has 2 aromatic rings. The molecule has 0 bridgehead atoms. The predicted molar refractivity (Wildman–Crippen MR) is 65.9 cm³/mol. The first-order chi connectivity index (χ1) is 10.3. The number of rotatable bonds is 4. The third-order valence-electron chi connectivity index (χ3n) is 1.98. The molecule has 0 fully saturated rings. The van der Waals surface area contributed by atoms with Gasteiger partial charge in [-0.25, -0.2) is 0 Å². The maximum Gasteiger partial charge on any atom is 0.0629 e. The van der Waals surface area contributed by atoms with Crippen LogP contribution in [0.15, 0.2) is 55.0 Å². The third kappa shape index (κ3) is 2.25. The Morgan fingerprint density at radius 1 is 1.20 bits per heavy atom. The van der Waals surface area contributed by atoms with Gasteiger partial charge in [-0.3, -0.25) is 0 Å². The molecule has 0 radical (unpaired) electrons. The van der Waals surface area contributed by atoms with Crippen molar-refractivity contribution in [3.63, 3.8) is 0 Å². The van der Waals surface area contributed by atoms with E-state index in [1.807, 2.05) is 0 Å². The van der Waals surface area contributed by atoms with Gasteiger partial charge in [0.1, 0.15) is 0 Å². The van der Waals surface area contributed by atoms with Crippen molar-refractivity contribution in [2.45, 2.75) is 6.54 Å². The summed E-state index contributed by atoms with van der Waals surface area (Å²) in [5.41, 5.74) is 0.296. The normalized spacial score (nSPS) is 16.9. The number of fused-ring (bicyclic) bond motifs is 1. The first-order valence-corrected chi connectivity index (χ1v) is 4.63. The fourth-order valence-electron chi connectivity index (χ4n) is 1.30. The zero-order valence-corrected chi connectivity index (χ0v) is 8.20. The summed E-state index contributed by atoms with van der Waals surface area (Å²) < 4.78 is 55.3. The first kappa shape index (κ1) is 4.50. The highest BCUT2D eigenvalue weighted by Gasteiger charge is 1.98. The van der Waals surface area contributed by atoms with E-state index in [-0.39, 0.29) is 47.5 Å². The molecule has 0 spiro atoms. The van der Waals surface area contributed by atoms with E-state index in [4.69, 9.17) is 9.60 Å². The molecule has 0 heterocycles. The predicted octanol–water partition coefficient (Wildman–Crippen LogP) is 3.12. The lowest BCUT2D eigenvalue weighted by atomic mass is 10.0. The highest BCUT2D eigenvalue weighted by molar-refractivity contribution is 5.85. The average Bonchev–Trinajstić information content (AvgIpc) is 2.50. The van der Waals surface area contributed by atoms with Crippen molar-refractivity contribution in [1.29, 1.82) is 0 Å². The number of nitrogens with one attached hydrogen (secondary N) is 1. The number of hydrogen-bond donors (Lipinski definition) is 1. The quantitative estimate of drug-likeness (QED) is 0.596. The van der Waals surface area contributed by atoms with Crippen LogP contribution in [0.1, 0.15) is 15.2 Å². The Morgan fingerprint density at radius 2 is 2.00 bits per heavy atom. The molecular weight excluding hydrogens is 182 g/mol. The molecule has 1 heteroatoms. The second-order valence-electron chi connectivity index (χ2n) is 3.02. The summed E-state index contributed by atoms with van der Waals surface area (Å²) in [4.78, 5) is 0. The molecule has 2 aromatic carbocycles.